The van der Waals surface area contributed by atoms with E-state index in [-0.39, 0.29) is 11.7 Å². The molecule has 0 aromatic heterocycles. The van der Waals surface area contributed by atoms with E-state index in [1.54, 1.807) is 30.0 Å². The van der Waals surface area contributed by atoms with Crippen molar-refractivity contribution in [2.45, 2.75) is 12.2 Å². The standard InChI is InChI=1S/C12H14BrNO3S/c1-2-18(16,17)11-7-14(8-11)12(15)9-4-3-5-10(13)6-9/h3-6,11H,2,7-8H2,1H3. The summed E-state index contributed by atoms with van der Waals surface area (Å²) in [5.41, 5.74) is 0.580. The lowest BCUT2D eigenvalue weighted by molar-refractivity contribution is 0.0659. The molecule has 0 atom stereocenters. The van der Waals surface area contributed by atoms with Crippen molar-refractivity contribution in [3.63, 3.8) is 0 Å². The Hall–Kier alpha value is -0.880. The minimum atomic E-state index is -3.02. The highest BCUT2D eigenvalue weighted by molar-refractivity contribution is 9.10. The maximum Gasteiger partial charge on any atom is 0.253 e. The third kappa shape index (κ3) is 2.59. The molecule has 0 bridgehead atoms. The van der Waals surface area contributed by atoms with Crippen LogP contribution < -0.4 is 0 Å². The van der Waals surface area contributed by atoms with Gasteiger partial charge < -0.3 is 4.90 Å². The van der Waals surface area contributed by atoms with Crippen LogP contribution in [0.1, 0.15) is 17.3 Å². The Labute approximate surface area is 115 Å². The van der Waals surface area contributed by atoms with E-state index in [1.807, 2.05) is 6.07 Å². The number of halogens is 1. The fraction of sp³-hybridized carbons (Fsp3) is 0.417. The van der Waals surface area contributed by atoms with Crippen LogP contribution in [0.15, 0.2) is 28.7 Å². The van der Waals surface area contributed by atoms with Gasteiger partial charge in [0.15, 0.2) is 9.84 Å². The highest BCUT2D eigenvalue weighted by atomic mass is 79.9. The van der Waals surface area contributed by atoms with Crippen molar-refractivity contribution in [3.8, 4) is 0 Å². The molecule has 1 aromatic rings. The molecule has 0 spiro atoms. The molecular formula is C12H14BrNO3S. The van der Waals surface area contributed by atoms with Crippen molar-refractivity contribution in [2.75, 3.05) is 18.8 Å². The summed E-state index contributed by atoms with van der Waals surface area (Å²) in [6.07, 6.45) is 0. The van der Waals surface area contributed by atoms with Gasteiger partial charge in [-0.1, -0.05) is 28.9 Å². The van der Waals surface area contributed by atoms with Gasteiger partial charge in [-0.05, 0) is 18.2 Å². The molecule has 4 nitrogen and oxygen atoms in total. The Morgan fingerprint density at radius 2 is 2.11 bits per heavy atom. The van der Waals surface area contributed by atoms with Crippen LogP contribution in [-0.2, 0) is 9.84 Å². The second kappa shape index (κ2) is 5.01. The molecule has 1 heterocycles. The van der Waals surface area contributed by atoms with E-state index >= 15 is 0 Å². The number of carbonyl (C=O) groups excluding carboxylic acids is 1. The highest BCUT2D eigenvalue weighted by Crippen LogP contribution is 2.21. The quantitative estimate of drug-likeness (QED) is 0.847. The van der Waals surface area contributed by atoms with Crippen LogP contribution in [0.5, 0.6) is 0 Å². The van der Waals surface area contributed by atoms with Crippen LogP contribution in [0.2, 0.25) is 0 Å². The predicted molar refractivity (Wildman–Crippen MR) is 73.3 cm³/mol. The number of hydrogen-bond acceptors (Lipinski definition) is 3. The summed E-state index contributed by atoms with van der Waals surface area (Å²) in [6, 6.07) is 7.10. The van der Waals surface area contributed by atoms with Crippen LogP contribution >= 0.6 is 15.9 Å². The minimum Gasteiger partial charge on any atom is -0.336 e. The van der Waals surface area contributed by atoms with Crippen molar-refractivity contribution < 1.29 is 13.2 Å². The van der Waals surface area contributed by atoms with Gasteiger partial charge in [-0.2, -0.15) is 0 Å². The minimum absolute atomic E-state index is 0.112. The Kier molecular flexibility index (Phi) is 3.77. The fourth-order valence-corrected chi connectivity index (χ4v) is 3.56. The summed E-state index contributed by atoms with van der Waals surface area (Å²) in [7, 11) is -3.02. The van der Waals surface area contributed by atoms with Crippen LogP contribution in [0, 0.1) is 0 Å². The molecule has 0 radical (unpaired) electrons. The summed E-state index contributed by atoms with van der Waals surface area (Å²) < 4.78 is 24.0. The van der Waals surface area contributed by atoms with Gasteiger partial charge in [-0.3, -0.25) is 4.79 Å². The lowest BCUT2D eigenvalue weighted by Gasteiger charge is -2.38. The van der Waals surface area contributed by atoms with Gasteiger partial charge in [-0.25, -0.2) is 8.42 Å². The molecule has 1 aliphatic rings. The van der Waals surface area contributed by atoms with Crippen molar-refractivity contribution in [1.82, 2.24) is 4.90 Å². The number of carbonyl (C=O) groups is 1. The number of nitrogens with zero attached hydrogens (tertiary/aromatic N) is 1. The normalized spacial score (nSPS) is 16.4. The summed E-state index contributed by atoms with van der Waals surface area (Å²) in [6.45, 7) is 2.25. The van der Waals surface area contributed by atoms with Crippen LogP contribution in [0.25, 0.3) is 0 Å². The first kappa shape index (κ1) is 13.5. The van der Waals surface area contributed by atoms with Crippen LogP contribution in [0.3, 0.4) is 0 Å². The van der Waals surface area contributed by atoms with Gasteiger partial charge in [0.2, 0.25) is 0 Å². The summed E-state index contributed by atoms with van der Waals surface area (Å²) in [5.74, 6) is 0.0233. The Bertz CT molecular complexity index is 564. The molecule has 1 aliphatic heterocycles. The third-order valence-corrected chi connectivity index (χ3v) is 5.73. The molecule has 6 heteroatoms. The van der Waals surface area contributed by atoms with E-state index in [0.29, 0.717) is 18.7 Å². The first-order valence-corrected chi connectivity index (χ1v) is 8.21. The number of hydrogen-bond donors (Lipinski definition) is 0. The zero-order valence-electron chi connectivity index (χ0n) is 9.97. The second-order valence-corrected chi connectivity index (χ2v) is 7.78. The van der Waals surface area contributed by atoms with Gasteiger partial charge in [0, 0.05) is 28.9 Å². The molecule has 0 unspecified atom stereocenters. The smallest absolute Gasteiger partial charge is 0.253 e. The van der Waals surface area contributed by atoms with Gasteiger partial charge in [0.1, 0.15) is 0 Å². The van der Waals surface area contributed by atoms with Crippen molar-refractivity contribution in [2.24, 2.45) is 0 Å². The molecule has 18 heavy (non-hydrogen) atoms. The molecule has 98 valence electrons. The lowest BCUT2D eigenvalue weighted by Crippen LogP contribution is -2.57. The highest BCUT2D eigenvalue weighted by Gasteiger charge is 2.38. The zero-order valence-corrected chi connectivity index (χ0v) is 12.4. The largest absolute Gasteiger partial charge is 0.336 e. The van der Waals surface area contributed by atoms with E-state index in [9.17, 15) is 13.2 Å². The van der Waals surface area contributed by atoms with E-state index in [0.717, 1.165) is 4.47 Å². The first-order chi connectivity index (χ1) is 8.44. The van der Waals surface area contributed by atoms with Crippen molar-refractivity contribution in [1.29, 1.82) is 0 Å². The summed E-state index contributed by atoms with van der Waals surface area (Å²) >= 11 is 3.31. The SMILES string of the molecule is CCS(=O)(=O)C1CN(C(=O)c2cccc(Br)c2)C1. The molecule has 0 N–H and O–H groups in total. The molecule has 1 aromatic carbocycles. The van der Waals surface area contributed by atoms with Crippen LogP contribution in [0.4, 0.5) is 0 Å². The monoisotopic (exact) mass is 331 g/mol. The maximum atomic E-state index is 12.1. The average Bonchev–Trinajstić information content (AvgIpc) is 2.26. The second-order valence-electron chi connectivity index (χ2n) is 4.29. The van der Waals surface area contributed by atoms with Gasteiger partial charge >= 0.3 is 0 Å². The van der Waals surface area contributed by atoms with E-state index in [4.69, 9.17) is 0 Å². The Morgan fingerprint density at radius 1 is 1.44 bits per heavy atom. The molecule has 0 aliphatic carbocycles. The number of rotatable bonds is 3. The summed E-state index contributed by atoms with van der Waals surface area (Å²) in [5, 5.41) is -0.390. The topological polar surface area (TPSA) is 54.5 Å². The predicted octanol–water partition coefficient (Wildman–Crippen LogP) is 1.71. The Balaban J connectivity index is 2.03. The summed E-state index contributed by atoms with van der Waals surface area (Å²) in [4.78, 5) is 13.6. The third-order valence-electron chi connectivity index (χ3n) is 3.12. The van der Waals surface area contributed by atoms with Crippen LogP contribution in [-0.4, -0.2) is 43.3 Å². The number of sulfone groups is 1. The fourth-order valence-electron chi connectivity index (χ4n) is 1.87. The van der Waals surface area contributed by atoms with Gasteiger partial charge in [0.25, 0.3) is 5.91 Å². The maximum absolute atomic E-state index is 12.1. The molecule has 0 saturated carbocycles. The first-order valence-electron chi connectivity index (χ1n) is 5.70. The molecular weight excluding hydrogens is 318 g/mol. The molecule has 1 amide bonds. The average molecular weight is 332 g/mol. The lowest BCUT2D eigenvalue weighted by atomic mass is 10.1. The molecule has 2 rings (SSSR count). The molecule has 1 fully saturated rings. The van der Waals surface area contributed by atoms with Gasteiger partial charge in [0.05, 0.1) is 5.25 Å². The van der Waals surface area contributed by atoms with E-state index in [1.165, 1.54) is 0 Å². The number of benzene rings is 1. The zero-order chi connectivity index (χ0) is 13.3. The van der Waals surface area contributed by atoms with E-state index in [2.05, 4.69) is 15.9 Å². The molecule has 1 saturated heterocycles. The van der Waals surface area contributed by atoms with Crippen molar-refractivity contribution in [3.05, 3.63) is 34.3 Å². The number of likely N-dealkylation sites (tertiary alicyclic amines) is 1. The number of amides is 1. The van der Waals surface area contributed by atoms with Crippen molar-refractivity contribution >= 4 is 31.7 Å². The van der Waals surface area contributed by atoms with Gasteiger partial charge in [-0.15, -0.1) is 0 Å². The van der Waals surface area contributed by atoms with E-state index < -0.39 is 15.1 Å². The Morgan fingerprint density at radius 3 is 2.67 bits per heavy atom.